The van der Waals surface area contributed by atoms with E-state index in [2.05, 4.69) is 16.0 Å². The molecule has 5 aliphatic rings. The van der Waals surface area contributed by atoms with Crippen LogP contribution in [-0.2, 0) is 27.3 Å². The van der Waals surface area contributed by atoms with Gasteiger partial charge < -0.3 is 40.8 Å². The number of urea groups is 1. The average Bonchev–Trinajstić information content (AvgIpc) is 2.93. The molecule has 5 amide bonds. The van der Waals surface area contributed by atoms with Crippen LogP contribution < -0.4 is 35.9 Å². The molecule has 208 valence electrons. The molecule has 5 aliphatic heterocycles. The summed E-state index contributed by atoms with van der Waals surface area (Å²) in [6.45, 7) is 0.414. The number of nitrogens with zero attached hydrogens (tertiary/aromatic N) is 1. The fourth-order valence-corrected chi connectivity index (χ4v) is 4.50. The highest BCUT2D eigenvalue weighted by Gasteiger charge is 2.34. The predicted octanol–water partition coefficient (Wildman–Crippen LogP) is 0.469. The van der Waals surface area contributed by atoms with E-state index in [0.717, 1.165) is 11.1 Å². The van der Waals surface area contributed by atoms with Crippen LogP contribution in [0.2, 0.25) is 0 Å². The highest BCUT2D eigenvalue weighted by Crippen LogP contribution is 2.29. The molecule has 1 fully saturated rings. The third-order valence-electron chi connectivity index (χ3n) is 6.59. The minimum Gasteiger partial charge on any atom is -0.493 e. The Morgan fingerprint density at radius 2 is 1.87 bits per heavy atom. The minimum atomic E-state index is -0.791. The Kier molecular flexibility index (Phi) is 9.08. The van der Waals surface area contributed by atoms with Crippen molar-refractivity contribution in [2.45, 2.75) is 38.0 Å². The van der Waals surface area contributed by atoms with Crippen LogP contribution in [0.5, 0.6) is 17.2 Å². The fourth-order valence-electron chi connectivity index (χ4n) is 4.50. The summed E-state index contributed by atoms with van der Waals surface area (Å²) in [6.07, 6.45) is 0.852. The van der Waals surface area contributed by atoms with Gasteiger partial charge in [-0.3, -0.25) is 14.4 Å². The number of hydrogen-bond acceptors (Lipinski definition) is 7. The second-order valence-electron chi connectivity index (χ2n) is 9.37. The standard InChI is InChI=1S/C27H33N5O7/c1-37-23-12-17-4-8-22(23)38-16-25(34)31-20-15-32(26(35)14-30-27(28)36)11-10-21(20)39-19-6-2-18(3-7-19)13-29-24(33)9-5-17/h2-4,6-8,12,20-21H,5,9-11,13-16H2,1H3,(H,29,33)(H,31,34)(H3,28,30,36)/t20-,21-/m1/s1. The highest BCUT2D eigenvalue weighted by molar-refractivity contribution is 5.83. The lowest BCUT2D eigenvalue weighted by Gasteiger charge is -2.38. The number of carbonyl (C=O) groups is 4. The first kappa shape index (κ1) is 27.6. The molecule has 2 aromatic rings. The number of primary amides is 1. The van der Waals surface area contributed by atoms with E-state index in [4.69, 9.17) is 19.9 Å². The van der Waals surface area contributed by atoms with Gasteiger partial charge in [0, 0.05) is 32.5 Å². The Labute approximate surface area is 226 Å². The molecule has 4 bridgehead atoms. The minimum absolute atomic E-state index is 0.0733. The number of hydrogen-bond donors (Lipinski definition) is 4. The summed E-state index contributed by atoms with van der Waals surface area (Å²) in [5.41, 5.74) is 6.90. The molecule has 0 spiro atoms. The SMILES string of the molecule is COc1cc2ccc1OCC(=O)N[C@@H]1CN(C(=O)CNC(N)=O)CC[C@H]1Oc1ccc(cc1)CNC(=O)CC2. The van der Waals surface area contributed by atoms with Gasteiger partial charge in [-0.05, 0) is 41.8 Å². The first-order chi connectivity index (χ1) is 18.8. The van der Waals surface area contributed by atoms with Gasteiger partial charge in [0.1, 0.15) is 11.9 Å². The number of aryl methyl sites for hydroxylation is 1. The normalized spacial score (nSPS) is 20.0. The Hall–Kier alpha value is -4.48. The zero-order valence-corrected chi connectivity index (χ0v) is 21.7. The van der Waals surface area contributed by atoms with E-state index >= 15 is 0 Å². The van der Waals surface area contributed by atoms with Crippen LogP contribution in [0.3, 0.4) is 0 Å². The molecule has 0 aliphatic carbocycles. The van der Waals surface area contributed by atoms with E-state index in [-0.39, 0.29) is 31.5 Å². The molecule has 1 saturated heterocycles. The van der Waals surface area contributed by atoms with Crippen molar-refractivity contribution in [3.05, 3.63) is 53.6 Å². The molecule has 39 heavy (non-hydrogen) atoms. The van der Waals surface area contributed by atoms with Crippen LogP contribution in [0.1, 0.15) is 24.0 Å². The number of nitrogens with two attached hydrogens (primary N) is 1. The molecular formula is C27H33N5O7. The van der Waals surface area contributed by atoms with Crippen molar-refractivity contribution in [3.63, 3.8) is 0 Å². The van der Waals surface area contributed by atoms with Gasteiger partial charge in [-0.1, -0.05) is 18.2 Å². The summed E-state index contributed by atoms with van der Waals surface area (Å²) in [5.74, 6) is 0.647. The number of amides is 5. The molecule has 0 aromatic heterocycles. The lowest BCUT2D eigenvalue weighted by Crippen LogP contribution is -2.59. The summed E-state index contributed by atoms with van der Waals surface area (Å²) in [4.78, 5) is 50.5. The van der Waals surface area contributed by atoms with Crippen molar-refractivity contribution in [1.82, 2.24) is 20.9 Å². The zero-order valence-electron chi connectivity index (χ0n) is 21.7. The molecule has 5 N–H and O–H groups in total. The molecule has 5 heterocycles. The maximum Gasteiger partial charge on any atom is 0.312 e. The third-order valence-corrected chi connectivity index (χ3v) is 6.59. The lowest BCUT2D eigenvalue weighted by molar-refractivity contribution is -0.134. The second kappa shape index (κ2) is 12.9. The van der Waals surface area contributed by atoms with Crippen LogP contribution in [-0.4, -0.2) is 74.1 Å². The number of carbonyl (C=O) groups excluding carboxylic acids is 4. The Bertz CT molecular complexity index is 1200. The van der Waals surface area contributed by atoms with E-state index < -0.39 is 24.1 Å². The molecule has 2 atom stereocenters. The lowest BCUT2D eigenvalue weighted by atomic mass is 10.0. The quantitative estimate of drug-likeness (QED) is 0.441. The third kappa shape index (κ3) is 7.76. The predicted molar refractivity (Wildman–Crippen MR) is 140 cm³/mol. The maximum atomic E-state index is 12.9. The van der Waals surface area contributed by atoms with E-state index in [1.807, 2.05) is 30.3 Å². The second-order valence-corrected chi connectivity index (χ2v) is 9.37. The summed E-state index contributed by atoms with van der Waals surface area (Å²) < 4.78 is 17.4. The average molecular weight is 540 g/mol. The smallest absolute Gasteiger partial charge is 0.312 e. The van der Waals surface area contributed by atoms with Crippen molar-refractivity contribution >= 4 is 23.8 Å². The van der Waals surface area contributed by atoms with Gasteiger partial charge in [0.05, 0.1) is 19.7 Å². The number of ether oxygens (including phenoxy) is 3. The molecule has 12 nitrogen and oxygen atoms in total. The summed E-state index contributed by atoms with van der Waals surface area (Å²) in [7, 11) is 1.50. The number of methoxy groups -OCH3 is 1. The molecule has 0 saturated carbocycles. The molecule has 7 rings (SSSR count). The van der Waals surface area contributed by atoms with Gasteiger partial charge in [0.25, 0.3) is 5.91 Å². The Morgan fingerprint density at radius 3 is 2.62 bits per heavy atom. The topological polar surface area (TPSA) is 161 Å². The first-order valence-electron chi connectivity index (χ1n) is 12.7. The van der Waals surface area contributed by atoms with Gasteiger partial charge in [0.15, 0.2) is 18.1 Å². The van der Waals surface area contributed by atoms with Crippen molar-refractivity contribution in [2.75, 3.05) is 33.4 Å². The largest absolute Gasteiger partial charge is 0.493 e. The van der Waals surface area contributed by atoms with Gasteiger partial charge >= 0.3 is 6.03 Å². The van der Waals surface area contributed by atoms with Gasteiger partial charge in [0.2, 0.25) is 11.8 Å². The van der Waals surface area contributed by atoms with Crippen molar-refractivity contribution < 1.29 is 33.4 Å². The maximum absolute atomic E-state index is 12.9. The van der Waals surface area contributed by atoms with Gasteiger partial charge in [-0.2, -0.15) is 0 Å². The van der Waals surface area contributed by atoms with Crippen LogP contribution >= 0.6 is 0 Å². The Balaban J connectivity index is 1.54. The van der Waals surface area contributed by atoms with E-state index in [1.54, 1.807) is 17.0 Å². The number of benzene rings is 2. The van der Waals surface area contributed by atoms with Crippen LogP contribution in [0.25, 0.3) is 0 Å². The number of nitrogens with one attached hydrogen (secondary N) is 3. The summed E-state index contributed by atoms with van der Waals surface area (Å²) in [5, 5.41) is 8.16. The molecule has 0 radical (unpaired) electrons. The van der Waals surface area contributed by atoms with Gasteiger partial charge in [-0.15, -0.1) is 0 Å². The molecule has 2 aromatic carbocycles. The van der Waals surface area contributed by atoms with Crippen molar-refractivity contribution in [3.8, 4) is 17.2 Å². The van der Waals surface area contributed by atoms with Crippen LogP contribution in [0, 0.1) is 0 Å². The molecule has 12 heteroatoms. The van der Waals surface area contributed by atoms with E-state index in [0.29, 0.717) is 49.6 Å². The monoisotopic (exact) mass is 539 g/mol. The highest BCUT2D eigenvalue weighted by atomic mass is 16.5. The fraction of sp³-hybridized carbons (Fsp3) is 0.407. The van der Waals surface area contributed by atoms with E-state index in [1.165, 1.54) is 7.11 Å². The molecular weight excluding hydrogens is 506 g/mol. The zero-order chi connectivity index (χ0) is 27.8. The molecule has 0 unspecified atom stereocenters. The van der Waals surface area contributed by atoms with Crippen molar-refractivity contribution in [2.24, 2.45) is 5.73 Å². The summed E-state index contributed by atoms with van der Waals surface area (Å²) >= 11 is 0. The number of rotatable bonds is 3. The summed E-state index contributed by atoms with van der Waals surface area (Å²) in [6, 6.07) is 11.3. The van der Waals surface area contributed by atoms with Gasteiger partial charge in [-0.25, -0.2) is 4.79 Å². The van der Waals surface area contributed by atoms with Crippen molar-refractivity contribution in [1.29, 1.82) is 0 Å². The van der Waals surface area contributed by atoms with E-state index in [9.17, 15) is 19.2 Å². The number of piperidine rings is 1. The Morgan fingerprint density at radius 1 is 1.10 bits per heavy atom. The number of likely N-dealkylation sites (tertiary alicyclic amines) is 1. The first-order valence-corrected chi connectivity index (χ1v) is 12.7. The van der Waals surface area contributed by atoms with Crippen LogP contribution in [0.4, 0.5) is 4.79 Å². The van der Waals surface area contributed by atoms with Crippen LogP contribution in [0.15, 0.2) is 42.5 Å².